The monoisotopic (exact) mass is 214 g/mol. The highest BCUT2D eigenvalue weighted by molar-refractivity contribution is 5.65. The third-order valence-electron chi connectivity index (χ3n) is 2.72. The van der Waals surface area contributed by atoms with Crippen LogP contribution in [0.4, 0.5) is 0 Å². The van der Waals surface area contributed by atoms with Gasteiger partial charge < -0.3 is 9.64 Å². The number of carbonyl (C=O) groups excluding carboxylic acids is 1. The molecule has 0 N–H and O–H groups in total. The number of ether oxygens (including phenoxy) is 1. The van der Waals surface area contributed by atoms with E-state index < -0.39 is 0 Å². The standard InChI is InChI=1S/C11H22N2O2/c1-3-4-12-5-7-13(8-6-12)9-10-15-11(2)14/h3-10H2,1-2H3. The van der Waals surface area contributed by atoms with E-state index in [1.54, 1.807) is 0 Å². The molecule has 1 heterocycles. The number of carbonyl (C=O) groups is 1. The normalized spacial score (nSPS) is 19.1. The van der Waals surface area contributed by atoms with Crippen LogP contribution in [0, 0.1) is 0 Å². The average Bonchev–Trinajstić information content (AvgIpc) is 2.20. The molecule has 0 amide bonds. The van der Waals surface area contributed by atoms with Gasteiger partial charge in [0.1, 0.15) is 6.61 Å². The first-order valence-corrected chi connectivity index (χ1v) is 5.80. The predicted molar refractivity (Wildman–Crippen MR) is 59.8 cm³/mol. The number of nitrogens with zero attached hydrogens (tertiary/aromatic N) is 2. The Kier molecular flexibility index (Phi) is 5.65. The predicted octanol–water partition coefficient (Wildman–Crippen LogP) is 0.577. The highest BCUT2D eigenvalue weighted by atomic mass is 16.5. The van der Waals surface area contributed by atoms with E-state index in [0.29, 0.717) is 6.61 Å². The third kappa shape index (κ3) is 5.14. The lowest BCUT2D eigenvalue weighted by Gasteiger charge is -2.34. The molecule has 88 valence electrons. The Hall–Kier alpha value is -0.610. The number of hydrogen-bond acceptors (Lipinski definition) is 4. The summed E-state index contributed by atoms with van der Waals surface area (Å²) in [5.74, 6) is -0.181. The fourth-order valence-electron chi connectivity index (χ4n) is 1.87. The molecule has 0 aromatic carbocycles. The van der Waals surface area contributed by atoms with Crippen molar-refractivity contribution in [2.45, 2.75) is 20.3 Å². The van der Waals surface area contributed by atoms with Crippen LogP contribution in [0.3, 0.4) is 0 Å². The molecule has 4 nitrogen and oxygen atoms in total. The molecule has 0 radical (unpaired) electrons. The Labute approximate surface area is 92.2 Å². The molecule has 0 atom stereocenters. The van der Waals surface area contributed by atoms with Crippen molar-refractivity contribution < 1.29 is 9.53 Å². The minimum absolute atomic E-state index is 0.181. The Bertz CT molecular complexity index is 189. The molecule has 0 saturated carbocycles. The van der Waals surface area contributed by atoms with Gasteiger partial charge in [-0.1, -0.05) is 6.92 Å². The van der Waals surface area contributed by atoms with Crippen LogP contribution in [0.5, 0.6) is 0 Å². The Morgan fingerprint density at radius 2 is 1.67 bits per heavy atom. The van der Waals surface area contributed by atoms with Crippen molar-refractivity contribution in [1.82, 2.24) is 9.80 Å². The Balaban J connectivity index is 2.06. The Morgan fingerprint density at radius 1 is 1.13 bits per heavy atom. The van der Waals surface area contributed by atoms with E-state index in [9.17, 15) is 4.79 Å². The fourth-order valence-corrected chi connectivity index (χ4v) is 1.87. The van der Waals surface area contributed by atoms with Crippen molar-refractivity contribution in [3.63, 3.8) is 0 Å². The maximum absolute atomic E-state index is 10.6. The van der Waals surface area contributed by atoms with Crippen molar-refractivity contribution in [1.29, 1.82) is 0 Å². The molecular formula is C11H22N2O2. The molecule has 0 bridgehead atoms. The van der Waals surface area contributed by atoms with Gasteiger partial charge in [0.15, 0.2) is 0 Å². The minimum atomic E-state index is -0.181. The Morgan fingerprint density at radius 3 is 2.13 bits per heavy atom. The molecule has 0 aromatic rings. The fraction of sp³-hybridized carbons (Fsp3) is 0.909. The van der Waals surface area contributed by atoms with Gasteiger partial charge in [0.05, 0.1) is 0 Å². The summed E-state index contributed by atoms with van der Waals surface area (Å²) in [6.07, 6.45) is 1.23. The molecule has 15 heavy (non-hydrogen) atoms. The molecule has 4 heteroatoms. The number of piperazine rings is 1. The maximum Gasteiger partial charge on any atom is 0.302 e. The zero-order valence-corrected chi connectivity index (χ0v) is 9.87. The van der Waals surface area contributed by atoms with Crippen molar-refractivity contribution >= 4 is 5.97 Å². The van der Waals surface area contributed by atoms with E-state index in [0.717, 1.165) is 32.7 Å². The van der Waals surface area contributed by atoms with E-state index >= 15 is 0 Å². The van der Waals surface area contributed by atoms with Crippen molar-refractivity contribution in [3.05, 3.63) is 0 Å². The van der Waals surface area contributed by atoms with E-state index in [4.69, 9.17) is 4.74 Å². The third-order valence-corrected chi connectivity index (χ3v) is 2.72. The van der Waals surface area contributed by atoms with Crippen LogP contribution in [0.2, 0.25) is 0 Å². The van der Waals surface area contributed by atoms with Gasteiger partial charge in [-0.2, -0.15) is 0 Å². The highest BCUT2D eigenvalue weighted by Gasteiger charge is 2.15. The van der Waals surface area contributed by atoms with Crippen LogP contribution >= 0.6 is 0 Å². The summed E-state index contributed by atoms with van der Waals surface area (Å²) in [4.78, 5) is 15.4. The van der Waals surface area contributed by atoms with Gasteiger partial charge >= 0.3 is 5.97 Å². The second kappa shape index (κ2) is 6.80. The second-order valence-electron chi connectivity index (χ2n) is 4.02. The van der Waals surface area contributed by atoms with E-state index in [-0.39, 0.29) is 5.97 Å². The van der Waals surface area contributed by atoms with Gasteiger partial charge in [0.25, 0.3) is 0 Å². The highest BCUT2D eigenvalue weighted by Crippen LogP contribution is 2.01. The van der Waals surface area contributed by atoms with Crippen molar-refractivity contribution in [2.75, 3.05) is 45.9 Å². The quantitative estimate of drug-likeness (QED) is 0.627. The lowest BCUT2D eigenvalue weighted by Crippen LogP contribution is -2.47. The summed E-state index contributed by atoms with van der Waals surface area (Å²) in [5, 5.41) is 0. The SMILES string of the molecule is CCCN1CCN(CCOC(C)=O)CC1. The van der Waals surface area contributed by atoms with Gasteiger partial charge in [-0.25, -0.2) is 0 Å². The summed E-state index contributed by atoms with van der Waals surface area (Å²) in [6, 6.07) is 0. The van der Waals surface area contributed by atoms with Gasteiger partial charge in [0.2, 0.25) is 0 Å². The first kappa shape index (κ1) is 12.5. The smallest absolute Gasteiger partial charge is 0.302 e. The molecule has 0 spiro atoms. The van der Waals surface area contributed by atoms with Crippen LogP contribution in [0.25, 0.3) is 0 Å². The molecule has 1 saturated heterocycles. The molecule has 0 unspecified atom stereocenters. The van der Waals surface area contributed by atoms with Crippen LogP contribution < -0.4 is 0 Å². The second-order valence-corrected chi connectivity index (χ2v) is 4.02. The lowest BCUT2D eigenvalue weighted by atomic mass is 10.3. The van der Waals surface area contributed by atoms with Gasteiger partial charge in [0, 0.05) is 39.6 Å². The first-order chi connectivity index (χ1) is 7.22. The lowest BCUT2D eigenvalue weighted by molar-refractivity contribution is -0.141. The number of rotatable bonds is 5. The van der Waals surface area contributed by atoms with E-state index in [1.165, 1.54) is 19.9 Å². The number of hydrogen-bond donors (Lipinski definition) is 0. The molecule has 1 fully saturated rings. The minimum Gasteiger partial charge on any atom is -0.465 e. The van der Waals surface area contributed by atoms with Crippen molar-refractivity contribution in [3.8, 4) is 0 Å². The molecule has 0 aliphatic carbocycles. The van der Waals surface area contributed by atoms with Crippen LogP contribution in [0.15, 0.2) is 0 Å². The summed E-state index contributed by atoms with van der Waals surface area (Å²) in [7, 11) is 0. The number of esters is 1. The summed E-state index contributed by atoms with van der Waals surface area (Å²) in [6.45, 7) is 10.8. The van der Waals surface area contributed by atoms with Crippen molar-refractivity contribution in [2.24, 2.45) is 0 Å². The van der Waals surface area contributed by atoms with Gasteiger partial charge in [-0.05, 0) is 13.0 Å². The largest absolute Gasteiger partial charge is 0.465 e. The van der Waals surface area contributed by atoms with E-state index in [1.807, 2.05) is 0 Å². The summed E-state index contributed by atoms with van der Waals surface area (Å²) < 4.78 is 4.92. The van der Waals surface area contributed by atoms with E-state index in [2.05, 4.69) is 16.7 Å². The molecule has 1 aliphatic rings. The summed E-state index contributed by atoms with van der Waals surface area (Å²) >= 11 is 0. The molecule has 1 aliphatic heterocycles. The topological polar surface area (TPSA) is 32.8 Å². The zero-order chi connectivity index (χ0) is 11.1. The summed E-state index contributed by atoms with van der Waals surface area (Å²) in [5.41, 5.74) is 0. The van der Waals surface area contributed by atoms with Crippen LogP contribution in [0.1, 0.15) is 20.3 Å². The maximum atomic E-state index is 10.6. The van der Waals surface area contributed by atoms with Crippen LogP contribution in [-0.2, 0) is 9.53 Å². The van der Waals surface area contributed by atoms with Gasteiger partial charge in [-0.15, -0.1) is 0 Å². The van der Waals surface area contributed by atoms with Gasteiger partial charge in [-0.3, -0.25) is 9.69 Å². The average molecular weight is 214 g/mol. The van der Waals surface area contributed by atoms with Crippen LogP contribution in [-0.4, -0.2) is 61.6 Å². The zero-order valence-electron chi connectivity index (χ0n) is 9.87. The first-order valence-electron chi connectivity index (χ1n) is 5.80. The molecule has 0 aromatic heterocycles. The molecular weight excluding hydrogens is 192 g/mol. The molecule has 1 rings (SSSR count).